The van der Waals surface area contributed by atoms with Crippen molar-refractivity contribution in [2.24, 2.45) is 0 Å². The van der Waals surface area contributed by atoms with Crippen LogP contribution in [0.3, 0.4) is 0 Å². The Hall–Kier alpha value is -2.77. The van der Waals surface area contributed by atoms with Gasteiger partial charge in [-0.1, -0.05) is 6.07 Å². The number of rotatable bonds is 3. The van der Waals surface area contributed by atoms with Crippen LogP contribution in [0.1, 0.15) is 26.4 Å². The van der Waals surface area contributed by atoms with E-state index < -0.39 is 23.6 Å². The molecule has 1 aromatic carbocycles. The predicted octanol–water partition coefficient (Wildman–Crippen LogP) is 3.07. The Morgan fingerprint density at radius 3 is 2.59 bits per heavy atom. The molecule has 0 saturated heterocycles. The van der Waals surface area contributed by atoms with Crippen LogP contribution in [0.5, 0.6) is 0 Å². The van der Waals surface area contributed by atoms with Crippen LogP contribution in [0.25, 0.3) is 0 Å². The largest absolute Gasteiger partial charge is 0.464 e. The van der Waals surface area contributed by atoms with Gasteiger partial charge in [0, 0.05) is 11.8 Å². The van der Waals surface area contributed by atoms with Crippen molar-refractivity contribution in [2.45, 2.75) is 6.18 Å². The topological polar surface area (TPSA) is 71.2 Å². The summed E-state index contributed by atoms with van der Waals surface area (Å²) in [6, 6.07) is 5.36. The second-order valence-electron chi connectivity index (χ2n) is 4.33. The highest BCUT2D eigenvalue weighted by Crippen LogP contribution is 2.29. The highest BCUT2D eigenvalue weighted by atomic mass is 19.4. The lowest BCUT2D eigenvalue weighted by atomic mass is 10.1. The minimum Gasteiger partial charge on any atom is -0.464 e. The molecular weight excluding hydrogens is 301 g/mol. The Labute approximate surface area is 123 Å². The van der Waals surface area contributed by atoms with Crippen molar-refractivity contribution in [3.05, 3.63) is 53.3 Å². The molecule has 0 unspecified atom stereocenters. The van der Waals surface area contributed by atoms with Crippen LogP contribution < -0.4 is 5.32 Å². The third-order valence-corrected chi connectivity index (χ3v) is 2.80. The Kier molecular flexibility index (Phi) is 4.20. The highest BCUT2D eigenvalue weighted by molar-refractivity contribution is 6.04. The van der Waals surface area contributed by atoms with Crippen LogP contribution in [0.15, 0.2) is 36.5 Å². The van der Waals surface area contributed by atoms with Gasteiger partial charge in [-0.2, -0.15) is 13.2 Å². The lowest BCUT2D eigenvalue weighted by Gasteiger charge is -2.08. The van der Waals surface area contributed by atoms with Crippen molar-refractivity contribution >= 4 is 17.6 Å². The number of carbonyl (C=O) groups is 2. The second-order valence-corrected chi connectivity index (χ2v) is 4.33. The molecule has 0 saturated carbocycles. The van der Waals surface area contributed by atoms with Gasteiger partial charge in [0.15, 0.2) is 0 Å². The van der Waals surface area contributed by atoms with Crippen LogP contribution >= 0.6 is 0 Å². The number of benzene rings is 1. The molecular formula is C14H11F3N2O3. The van der Waals surface area contributed by atoms with Gasteiger partial charge in [0.25, 0.3) is 5.91 Å². The van der Waals surface area contributed by atoms with Gasteiger partial charge in [0.05, 0.1) is 18.4 Å². The monoisotopic (exact) mass is 312 g/mol. The summed E-state index contributed by atoms with van der Waals surface area (Å²) in [5.41, 5.74) is -0.704. The number of hydrogen-bond acceptors (Lipinski definition) is 3. The summed E-state index contributed by atoms with van der Waals surface area (Å²) in [4.78, 5) is 25.8. The Balaban J connectivity index is 2.16. The number of anilines is 1. The van der Waals surface area contributed by atoms with Crippen molar-refractivity contribution < 1.29 is 27.5 Å². The number of H-pyrrole nitrogens is 1. The van der Waals surface area contributed by atoms with Gasteiger partial charge in [0.2, 0.25) is 0 Å². The Morgan fingerprint density at radius 1 is 1.23 bits per heavy atom. The van der Waals surface area contributed by atoms with Gasteiger partial charge < -0.3 is 15.0 Å². The number of esters is 1. The van der Waals surface area contributed by atoms with E-state index in [9.17, 15) is 22.8 Å². The zero-order chi connectivity index (χ0) is 16.3. The third kappa shape index (κ3) is 3.46. The molecule has 0 bridgehead atoms. The number of methoxy groups -OCH3 is 1. The average Bonchev–Trinajstić information content (AvgIpc) is 2.94. The van der Waals surface area contributed by atoms with Crippen molar-refractivity contribution in [3.8, 4) is 0 Å². The van der Waals surface area contributed by atoms with E-state index in [1.807, 2.05) is 0 Å². The second kappa shape index (κ2) is 5.92. The number of halogens is 3. The van der Waals surface area contributed by atoms with Crippen LogP contribution in [-0.4, -0.2) is 24.0 Å². The number of nitrogens with one attached hydrogen (secondary N) is 2. The number of aromatic nitrogens is 1. The molecule has 0 radical (unpaired) electrons. The Morgan fingerprint density at radius 2 is 1.95 bits per heavy atom. The standard InChI is InChI=1S/C14H11F3N2O3/c1-22-13(21)11-6-10(7-18-11)19-12(20)8-3-2-4-9(5-8)14(15,16)17/h2-7,18H,1H3,(H,19,20). The van der Waals surface area contributed by atoms with Crippen molar-refractivity contribution in [1.29, 1.82) is 0 Å². The number of alkyl halides is 3. The fraction of sp³-hybridized carbons (Fsp3) is 0.143. The van der Waals surface area contributed by atoms with Crippen LogP contribution in [0.2, 0.25) is 0 Å². The molecule has 5 nitrogen and oxygen atoms in total. The molecule has 8 heteroatoms. The summed E-state index contributed by atoms with van der Waals surface area (Å²) >= 11 is 0. The van der Waals surface area contributed by atoms with E-state index in [4.69, 9.17) is 0 Å². The third-order valence-electron chi connectivity index (χ3n) is 2.80. The summed E-state index contributed by atoms with van der Waals surface area (Å²) in [6.45, 7) is 0. The van der Waals surface area contributed by atoms with E-state index in [-0.39, 0.29) is 16.9 Å². The van der Waals surface area contributed by atoms with Crippen molar-refractivity contribution in [1.82, 2.24) is 4.98 Å². The molecule has 2 N–H and O–H groups in total. The zero-order valence-electron chi connectivity index (χ0n) is 11.3. The molecule has 2 aromatic rings. The lowest BCUT2D eigenvalue weighted by Crippen LogP contribution is -2.13. The molecule has 1 amide bonds. The van der Waals surface area contributed by atoms with E-state index in [0.717, 1.165) is 18.2 Å². The number of amides is 1. The van der Waals surface area contributed by atoms with Crippen molar-refractivity contribution in [3.63, 3.8) is 0 Å². The molecule has 0 aliphatic heterocycles. The van der Waals surface area contributed by atoms with E-state index in [2.05, 4.69) is 15.0 Å². The van der Waals surface area contributed by atoms with Crippen LogP contribution in [0.4, 0.5) is 18.9 Å². The van der Waals surface area contributed by atoms with E-state index in [1.54, 1.807) is 0 Å². The highest BCUT2D eigenvalue weighted by Gasteiger charge is 2.30. The molecule has 2 rings (SSSR count). The summed E-state index contributed by atoms with van der Waals surface area (Å²) < 4.78 is 42.3. The first kappa shape index (κ1) is 15.6. The SMILES string of the molecule is COC(=O)c1cc(NC(=O)c2cccc(C(F)(F)F)c2)c[nH]1. The summed E-state index contributed by atoms with van der Waals surface area (Å²) in [7, 11) is 1.20. The van der Waals surface area contributed by atoms with Gasteiger partial charge >= 0.3 is 12.1 Å². The van der Waals surface area contributed by atoms with E-state index >= 15 is 0 Å². The summed E-state index contributed by atoms with van der Waals surface area (Å²) in [5.74, 6) is -1.35. The van der Waals surface area contributed by atoms with Crippen LogP contribution in [0, 0.1) is 0 Å². The minimum absolute atomic E-state index is 0.113. The zero-order valence-corrected chi connectivity index (χ0v) is 11.3. The summed E-state index contributed by atoms with van der Waals surface area (Å²) in [5, 5.41) is 2.39. The van der Waals surface area contributed by atoms with Gasteiger partial charge in [-0.25, -0.2) is 4.79 Å². The molecule has 22 heavy (non-hydrogen) atoms. The average molecular weight is 312 g/mol. The molecule has 0 spiro atoms. The molecule has 0 atom stereocenters. The number of aromatic amines is 1. The van der Waals surface area contributed by atoms with Crippen LogP contribution in [-0.2, 0) is 10.9 Å². The molecule has 0 fully saturated rings. The lowest BCUT2D eigenvalue weighted by molar-refractivity contribution is -0.137. The quantitative estimate of drug-likeness (QED) is 0.856. The smallest absolute Gasteiger partial charge is 0.416 e. The van der Waals surface area contributed by atoms with E-state index in [0.29, 0.717) is 0 Å². The first-order valence-corrected chi connectivity index (χ1v) is 6.06. The Bertz CT molecular complexity index is 707. The van der Waals surface area contributed by atoms with Gasteiger partial charge in [-0.05, 0) is 24.3 Å². The van der Waals surface area contributed by atoms with E-state index in [1.165, 1.54) is 25.4 Å². The predicted molar refractivity (Wildman–Crippen MR) is 71.5 cm³/mol. The number of carbonyl (C=O) groups excluding carboxylic acids is 2. The van der Waals surface area contributed by atoms with Gasteiger partial charge in [-0.15, -0.1) is 0 Å². The maximum absolute atomic E-state index is 12.6. The molecule has 1 aromatic heterocycles. The fourth-order valence-electron chi connectivity index (χ4n) is 1.73. The molecule has 0 aliphatic carbocycles. The first-order chi connectivity index (χ1) is 10.3. The van der Waals surface area contributed by atoms with Gasteiger partial charge in [-0.3, -0.25) is 4.79 Å². The fourth-order valence-corrected chi connectivity index (χ4v) is 1.73. The number of hydrogen-bond donors (Lipinski definition) is 2. The molecule has 0 aliphatic rings. The maximum Gasteiger partial charge on any atom is 0.416 e. The minimum atomic E-state index is -4.53. The van der Waals surface area contributed by atoms with Crippen molar-refractivity contribution in [2.75, 3.05) is 12.4 Å². The maximum atomic E-state index is 12.6. The first-order valence-electron chi connectivity index (χ1n) is 6.06. The number of ether oxygens (including phenoxy) is 1. The van der Waals surface area contributed by atoms with Gasteiger partial charge in [0.1, 0.15) is 5.69 Å². The molecule has 1 heterocycles. The molecule has 116 valence electrons. The summed E-state index contributed by atoms with van der Waals surface area (Å²) in [6.07, 6.45) is -3.19. The normalized spacial score (nSPS) is 11.1.